The molecule has 8 heteroatoms. The molecule has 0 saturated carbocycles. The van der Waals surface area contributed by atoms with Crippen LogP contribution in [0.4, 0.5) is 4.39 Å². The summed E-state index contributed by atoms with van der Waals surface area (Å²) < 4.78 is 29.8. The highest BCUT2D eigenvalue weighted by atomic mass is 19.1. The molecule has 1 fully saturated rings. The first-order valence-electron chi connectivity index (χ1n) is 7.74. The fraction of sp³-hybridized carbons (Fsp3) is 0.438. The lowest BCUT2D eigenvalue weighted by atomic mass is 10.2. The molecule has 0 N–H and O–H groups in total. The Labute approximate surface area is 137 Å². The Kier molecular flexibility index (Phi) is 3.78. The molecule has 1 aromatic carbocycles. The lowest BCUT2D eigenvalue weighted by Crippen LogP contribution is -2.25. The van der Waals surface area contributed by atoms with Crippen LogP contribution in [0, 0.1) is 12.7 Å². The zero-order valence-electron chi connectivity index (χ0n) is 13.4. The van der Waals surface area contributed by atoms with Crippen molar-refractivity contribution in [2.24, 2.45) is 0 Å². The molecular formula is C16H17FN4O3. The van der Waals surface area contributed by atoms with E-state index in [9.17, 15) is 4.39 Å². The van der Waals surface area contributed by atoms with E-state index >= 15 is 0 Å². The summed E-state index contributed by atoms with van der Waals surface area (Å²) in [4.78, 5) is 10.9. The largest absolute Gasteiger partial charge is 0.439 e. The van der Waals surface area contributed by atoms with E-state index < -0.39 is 0 Å². The molecule has 0 unspecified atom stereocenters. The number of methoxy groups -OCH3 is 1. The average Bonchev–Trinajstić information content (AvgIpc) is 3.25. The monoisotopic (exact) mass is 332 g/mol. The minimum atomic E-state index is -0.343. The van der Waals surface area contributed by atoms with E-state index in [0.717, 1.165) is 6.42 Å². The van der Waals surface area contributed by atoms with Crippen molar-refractivity contribution in [2.75, 3.05) is 13.7 Å². The molecule has 1 aliphatic rings. The first kappa shape index (κ1) is 15.2. The normalized spacial score (nSPS) is 21.8. The van der Waals surface area contributed by atoms with Crippen LogP contribution in [-0.4, -0.2) is 39.8 Å². The van der Waals surface area contributed by atoms with Gasteiger partial charge in [0.15, 0.2) is 11.4 Å². The van der Waals surface area contributed by atoms with Gasteiger partial charge in [0.25, 0.3) is 0 Å². The number of hydrogen-bond acceptors (Lipinski definition) is 7. The Morgan fingerprint density at radius 3 is 3.00 bits per heavy atom. The van der Waals surface area contributed by atoms with Crippen LogP contribution in [0.1, 0.15) is 30.1 Å². The van der Waals surface area contributed by atoms with Gasteiger partial charge >= 0.3 is 0 Å². The van der Waals surface area contributed by atoms with Crippen molar-refractivity contribution in [3.05, 3.63) is 41.6 Å². The summed E-state index contributed by atoms with van der Waals surface area (Å²) in [6, 6.07) is 4.27. The van der Waals surface area contributed by atoms with Gasteiger partial charge in [0.05, 0.1) is 18.7 Å². The molecule has 3 heterocycles. The van der Waals surface area contributed by atoms with E-state index in [4.69, 9.17) is 13.7 Å². The molecule has 0 bridgehead atoms. The van der Waals surface area contributed by atoms with Gasteiger partial charge < -0.3 is 13.7 Å². The van der Waals surface area contributed by atoms with Gasteiger partial charge in [0.2, 0.25) is 11.8 Å². The number of aromatic nitrogens is 3. The summed E-state index contributed by atoms with van der Waals surface area (Å²) in [5.41, 5.74) is 1.08. The van der Waals surface area contributed by atoms with Gasteiger partial charge in [-0.3, -0.25) is 4.90 Å². The van der Waals surface area contributed by atoms with Gasteiger partial charge in [-0.25, -0.2) is 9.37 Å². The maximum Gasteiger partial charge on any atom is 0.244 e. The molecule has 0 spiro atoms. The Morgan fingerprint density at radius 2 is 2.25 bits per heavy atom. The zero-order valence-corrected chi connectivity index (χ0v) is 13.4. The van der Waals surface area contributed by atoms with Crippen LogP contribution < -0.4 is 0 Å². The highest BCUT2D eigenvalue weighted by Crippen LogP contribution is 2.34. The SMILES string of the molecule is CO[C@H]1C[C@H](c2nc(C)no2)N(Cc2nc3ccc(F)cc3o2)C1. The smallest absolute Gasteiger partial charge is 0.244 e. The van der Waals surface area contributed by atoms with Gasteiger partial charge in [-0.15, -0.1) is 0 Å². The van der Waals surface area contributed by atoms with Crippen molar-refractivity contribution in [1.29, 1.82) is 0 Å². The van der Waals surface area contributed by atoms with E-state index in [1.807, 2.05) is 0 Å². The third-order valence-corrected chi connectivity index (χ3v) is 4.26. The lowest BCUT2D eigenvalue weighted by molar-refractivity contribution is 0.106. The Bertz CT molecular complexity index is 862. The quantitative estimate of drug-likeness (QED) is 0.727. The maximum atomic E-state index is 13.3. The minimum absolute atomic E-state index is 0.0529. The molecule has 24 heavy (non-hydrogen) atoms. The Morgan fingerprint density at radius 1 is 1.38 bits per heavy atom. The van der Waals surface area contributed by atoms with Crippen molar-refractivity contribution in [1.82, 2.24) is 20.0 Å². The fourth-order valence-electron chi connectivity index (χ4n) is 3.10. The van der Waals surface area contributed by atoms with Crippen molar-refractivity contribution in [2.45, 2.75) is 32.0 Å². The highest BCUT2D eigenvalue weighted by Gasteiger charge is 2.37. The Hall–Kier alpha value is -2.32. The van der Waals surface area contributed by atoms with E-state index in [1.54, 1.807) is 20.1 Å². The number of oxazole rings is 1. The van der Waals surface area contributed by atoms with Gasteiger partial charge in [-0.2, -0.15) is 4.98 Å². The third kappa shape index (κ3) is 2.78. The van der Waals surface area contributed by atoms with E-state index in [-0.39, 0.29) is 18.0 Å². The van der Waals surface area contributed by atoms with Gasteiger partial charge in [-0.05, 0) is 25.5 Å². The topological polar surface area (TPSA) is 77.4 Å². The zero-order chi connectivity index (χ0) is 16.7. The summed E-state index contributed by atoms with van der Waals surface area (Å²) in [6.45, 7) is 2.95. The third-order valence-electron chi connectivity index (χ3n) is 4.26. The van der Waals surface area contributed by atoms with Crippen molar-refractivity contribution >= 4 is 11.1 Å². The van der Waals surface area contributed by atoms with E-state index in [1.165, 1.54) is 12.1 Å². The van der Waals surface area contributed by atoms with Gasteiger partial charge in [0, 0.05) is 19.7 Å². The molecule has 0 radical (unpaired) electrons. The molecule has 2 aromatic heterocycles. The summed E-state index contributed by atoms with van der Waals surface area (Å²) >= 11 is 0. The number of ether oxygens (including phenoxy) is 1. The van der Waals surface area contributed by atoms with Crippen LogP contribution in [0.3, 0.4) is 0 Å². The van der Waals surface area contributed by atoms with Crippen LogP contribution >= 0.6 is 0 Å². The first-order valence-corrected chi connectivity index (χ1v) is 7.74. The van der Waals surface area contributed by atoms with Crippen LogP contribution in [0.5, 0.6) is 0 Å². The van der Waals surface area contributed by atoms with E-state index in [2.05, 4.69) is 20.0 Å². The van der Waals surface area contributed by atoms with Crippen LogP contribution in [0.15, 0.2) is 27.1 Å². The fourth-order valence-corrected chi connectivity index (χ4v) is 3.10. The van der Waals surface area contributed by atoms with E-state index in [0.29, 0.717) is 41.8 Å². The van der Waals surface area contributed by atoms with Crippen LogP contribution in [0.2, 0.25) is 0 Å². The molecule has 0 amide bonds. The predicted octanol–water partition coefficient (Wildman–Crippen LogP) is 2.62. The van der Waals surface area contributed by atoms with Crippen molar-refractivity contribution < 1.29 is 18.1 Å². The standard InChI is InChI=1S/C16H17FN4O3/c1-9-18-16(24-20-9)13-6-11(22-2)7-21(13)8-15-19-12-4-3-10(17)5-14(12)23-15/h3-5,11,13H,6-8H2,1-2H3/t11-,13+/m0/s1. The molecule has 1 saturated heterocycles. The van der Waals surface area contributed by atoms with Crippen molar-refractivity contribution in [3.8, 4) is 0 Å². The molecule has 1 aliphatic heterocycles. The number of nitrogens with zero attached hydrogens (tertiary/aromatic N) is 4. The molecular weight excluding hydrogens is 315 g/mol. The average molecular weight is 332 g/mol. The number of halogens is 1. The molecule has 126 valence electrons. The summed E-state index contributed by atoms with van der Waals surface area (Å²) in [5.74, 6) is 1.34. The summed E-state index contributed by atoms with van der Waals surface area (Å²) in [7, 11) is 1.69. The number of hydrogen-bond donors (Lipinski definition) is 0. The second-order valence-electron chi connectivity index (χ2n) is 5.94. The summed E-state index contributed by atoms with van der Waals surface area (Å²) in [6.07, 6.45) is 0.830. The van der Waals surface area contributed by atoms with Gasteiger partial charge in [0.1, 0.15) is 11.3 Å². The second-order valence-corrected chi connectivity index (χ2v) is 5.94. The number of likely N-dealkylation sites (tertiary alicyclic amines) is 1. The van der Waals surface area contributed by atoms with Crippen molar-refractivity contribution in [3.63, 3.8) is 0 Å². The summed E-state index contributed by atoms with van der Waals surface area (Å²) in [5, 5.41) is 3.86. The van der Waals surface area contributed by atoms with Gasteiger partial charge in [-0.1, -0.05) is 5.16 Å². The molecule has 3 aromatic rings. The Balaban J connectivity index is 1.60. The lowest BCUT2D eigenvalue weighted by Gasteiger charge is -2.19. The number of fused-ring (bicyclic) bond motifs is 1. The molecule has 2 atom stereocenters. The predicted molar refractivity (Wildman–Crippen MR) is 81.6 cm³/mol. The molecule has 4 rings (SSSR count). The maximum absolute atomic E-state index is 13.3. The number of rotatable bonds is 4. The minimum Gasteiger partial charge on any atom is -0.439 e. The van der Waals surface area contributed by atoms with Crippen LogP contribution in [-0.2, 0) is 11.3 Å². The number of benzene rings is 1. The molecule has 0 aliphatic carbocycles. The molecule has 7 nitrogen and oxygen atoms in total. The second kappa shape index (κ2) is 5.95. The van der Waals surface area contributed by atoms with Crippen LogP contribution in [0.25, 0.3) is 11.1 Å². The first-order chi connectivity index (χ1) is 11.6. The highest BCUT2D eigenvalue weighted by molar-refractivity contribution is 5.72. The number of aryl methyl sites for hydroxylation is 1.